The Bertz CT molecular complexity index is 358. The van der Waals surface area contributed by atoms with Crippen LogP contribution in [0.1, 0.15) is 39.5 Å². The highest BCUT2D eigenvalue weighted by atomic mass is 16.5. The number of likely N-dealkylation sites (tertiary alicyclic amines) is 1. The van der Waals surface area contributed by atoms with Crippen molar-refractivity contribution in [1.82, 2.24) is 4.90 Å². The van der Waals surface area contributed by atoms with E-state index >= 15 is 0 Å². The molecule has 2 saturated heterocycles. The Morgan fingerprint density at radius 1 is 1.32 bits per heavy atom. The van der Waals surface area contributed by atoms with E-state index in [1.54, 1.807) is 7.11 Å². The van der Waals surface area contributed by atoms with E-state index in [1.165, 1.54) is 4.90 Å². The molecular weight excluding hydrogens is 246 g/mol. The average Bonchev–Trinajstić information content (AvgIpc) is 2.51. The standard InChI is InChI=1S/C14H23NO4/c1-10-7-14(8-11(2)19-10)9-12(16)15(13(14)17)5-4-6-18-3/h10-11H,4-9H2,1-3H3/t10-,11-/m1/s1. The third kappa shape index (κ3) is 2.82. The van der Waals surface area contributed by atoms with E-state index < -0.39 is 5.41 Å². The Labute approximate surface area is 114 Å². The van der Waals surface area contributed by atoms with Crippen LogP contribution in [0.25, 0.3) is 0 Å². The molecule has 1 spiro atoms. The normalized spacial score (nSPS) is 35.4. The lowest BCUT2D eigenvalue weighted by atomic mass is 9.74. The Hall–Kier alpha value is -0.940. The van der Waals surface area contributed by atoms with Crippen LogP contribution >= 0.6 is 0 Å². The van der Waals surface area contributed by atoms with Crippen molar-refractivity contribution in [1.29, 1.82) is 0 Å². The monoisotopic (exact) mass is 269 g/mol. The first-order valence-electron chi connectivity index (χ1n) is 6.98. The molecule has 5 heteroatoms. The van der Waals surface area contributed by atoms with E-state index in [-0.39, 0.29) is 24.0 Å². The van der Waals surface area contributed by atoms with Gasteiger partial charge >= 0.3 is 0 Å². The zero-order valence-corrected chi connectivity index (χ0v) is 12.0. The zero-order chi connectivity index (χ0) is 14.0. The minimum atomic E-state index is -0.513. The van der Waals surface area contributed by atoms with Gasteiger partial charge in [0.1, 0.15) is 0 Å². The summed E-state index contributed by atoms with van der Waals surface area (Å²) < 4.78 is 10.7. The summed E-state index contributed by atoms with van der Waals surface area (Å²) in [4.78, 5) is 26.1. The Kier molecular flexibility index (Phi) is 4.26. The van der Waals surface area contributed by atoms with Crippen molar-refractivity contribution in [2.75, 3.05) is 20.3 Å². The maximum Gasteiger partial charge on any atom is 0.236 e. The SMILES string of the molecule is COCCCN1C(=O)CC2(C[C@@H](C)O[C@H](C)C2)C1=O. The Morgan fingerprint density at radius 2 is 1.95 bits per heavy atom. The van der Waals surface area contributed by atoms with Crippen molar-refractivity contribution in [3.63, 3.8) is 0 Å². The molecule has 5 nitrogen and oxygen atoms in total. The van der Waals surface area contributed by atoms with E-state index in [1.807, 2.05) is 13.8 Å². The maximum atomic E-state index is 12.6. The summed E-state index contributed by atoms with van der Waals surface area (Å²) >= 11 is 0. The summed E-state index contributed by atoms with van der Waals surface area (Å²) in [6.45, 7) is 4.99. The van der Waals surface area contributed by atoms with Crippen molar-refractivity contribution in [2.24, 2.45) is 5.41 Å². The summed E-state index contributed by atoms with van der Waals surface area (Å²) in [6.07, 6.45) is 2.44. The third-order valence-corrected chi connectivity index (χ3v) is 4.04. The van der Waals surface area contributed by atoms with Gasteiger partial charge in [-0.3, -0.25) is 14.5 Å². The van der Waals surface area contributed by atoms with Crippen LogP contribution in [0.4, 0.5) is 0 Å². The molecule has 2 aliphatic heterocycles. The van der Waals surface area contributed by atoms with Crippen LogP contribution in [-0.2, 0) is 19.1 Å². The van der Waals surface area contributed by atoms with Gasteiger partial charge in [0.25, 0.3) is 0 Å². The predicted molar refractivity (Wildman–Crippen MR) is 69.5 cm³/mol. The van der Waals surface area contributed by atoms with Gasteiger partial charge in [-0.05, 0) is 33.1 Å². The van der Waals surface area contributed by atoms with Crippen LogP contribution in [0.3, 0.4) is 0 Å². The average molecular weight is 269 g/mol. The molecule has 2 aliphatic rings. The first kappa shape index (κ1) is 14.5. The van der Waals surface area contributed by atoms with Gasteiger partial charge in [-0.1, -0.05) is 0 Å². The molecule has 19 heavy (non-hydrogen) atoms. The molecule has 2 amide bonds. The highest BCUT2D eigenvalue weighted by Gasteiger charge is 2.54. The van der Waals surface area contributed by atoms with E-state index in [0.717, 1.165) is 0 Å². The molecule has 2 atom stereocenters. The van der Waals surface area contributed by atoms with Crippen LogP contribution in [0.2, 0.25) is 0 Å². The van der Waals surface area contributed by atoms with Crippen LogP contribution in [0.15, 0.2) is 0 Å². The maximum absolute atomic E-state index is 12.6. The molecule has 2 fully saturated rings. The fraction of sp³-hybridized carbons (Fsp3) is 0.857. The number of amides is 2. The van der Waals surface area contributed by atoms with Crippen molar-refractivity contribution >= 4 is 11.8 Å². The number of carbonyl (C=O) groups excluding carboxylic acids is 2. The number of rotatable bonds is 4. The van der Waals surface area contributed by atoms with Gasteiger partial charge in [0, 0.05) is 26.7 Å². The van der Waals surface area contributed by atoms with Crippen LogP contribution in [-0.4, -0.2) is 49.2 Å². The lowest BCUT2D eigenvalue weighted by molar-refractivity contribution is -0.150. The van der Waals surface area contributed by atoms with Gasteiger partial charge in [-0.15, -0.1) is 0 Å². The topological polar surface area (TPSA) is 55.8 Å². The molecule has 0 aromatic carbocycles. The second-order valence-corrected chi connectivity index (χ2v) is 5.82. The van der Waals surface area contributed by atoms with Crippen molar-refractivity contribution in [3.8, 4) is 0 Å². The molecule has 2 rings (SSSR count). The van der Waals surface area contributed by atoms with Crippen molar-refractivity contribution in [2.45, 2.75) is 51.7 Å². The highest BCUT2D eigenvalue weighted by Crippen LogP contribution is 2.45. The Morgan fingerprint density at radius 3 is 2.53 bits per heavy atom. The fourth-order valence-corrected chi connectivity index (χ4v) is 3.45. The van der Waals surface area contributed by atoms with Gasteiger partial charge < -0.3 is 9.47 Å². The molecule has 2 heterocycles. The summed E-state index contributed by atoms with van der Waals surface area (Å²) in [5.41, 5.74) is -0.513. The molecule has 0 saturated carbocycles. The van der Waals surface area contributed by atoms with Gasteiger partial charge in [-0.2, -0.15) is 0 Å². The fourth-order valence-electron chi connectivity index (χ4n) is 3.45. The van der Waals surface area contributed by atoms with E-state index in [0.29, 0.717) is 38.8 Å². The number of carbonyl (C=O) groups is 2. The number of methoxy groups -OCH3 is 1. The van der Waals surface area contributed by atoms with Gasteiger partial charge in [0.15, 0.2) is 0 Å². The van der Waals surface area contributed by atoms with Crippen molar-refractivity contribution < 1.29 is 19.1 Å². The minimum Gasteiger partial charge on any atom is -0.385 e. The molecular formula is C14H23NO4. The van der Waals surface area contributed by atoms with Gasteiger partial charge in [0.2, 0.25) is 11.8 Å². The second kappa shape index (κ2) is 5.59. The predicted octanol–water partition coefficient (Wildman–Crippen LogP) is 1.36. The molecule has 0 aromatic heterocycles. The smallest absolute Gasteiger partial charge is 0.236 e. The number of ether oxygens (including phenoxy) is 2. The van der Waals surface area contributed by atoms with Crippen LogP contribution in [0, 0.1) is 5.41 Å². The minimum absolute atomic E-state index is 0.00407. The third-order valence-electron chi connectivity index (χ3n) is 4.04. The lowest BCUT2D eigenvalue weighted by Gasteiger charge is -2.38. The van der Waals surface area contributed by atoms with Crippen LogP contribution in [0.5, 0.6) is 0 Å². The number of imide groups is 1. The first-order valence-corrected chi connectivity index (χ1v) is 6.98. The molecule has 0 N–H and O–H groups in total. The Balaban J connectivity index is 2.08. The summed E-state index contributed by atoms with van der Waals surface area (Å²) in [7, 11) is 1.62. The quantitative estimate of drug-likeness (QED) is 0.571. The van der Waals surface area contributed by atoms with E-state index in [9.17, 15) is 9.59 Å². The molecule has 0 radical (unpaired) electrons. The summed E-state index contributed by atoms with van der Waals surface area (Å²) in [6, 6.07) is 0. The number of nitrogens with zero attached hydrogens (tertiary/aromatic N) is 1. The molecule has 0 bridgehead atoms. The number of hydrogen-bond acceptors (Lipinski definition) is 4. The largest absolute Gasteiger partial charge is 0.385 e. The number of hydrogen-bond donors (Lipinski definition) is 0. The molecule has 0 aromatic rings. The van der Waals surface area contributed by atoms with Gasteiger partial charge in [-0.25, -0.2) is 0 Å². The lowest BCUT2D eigenvalue weighted by Crippen LogP contribution is -2.44. The van der Waals surface area contributed by atoms with Gasteiger partial charge in [0.05, 0.1) is 17.6 Å². The molecule has 0 aliphatic carbocycles. The molecule has 0 unspecified atom stereocenters. The second-order valence-electron chi connectivity index (χ2n) is 5.82. The zero-order valence-electron chi connectivity index (χ0n) is 12.0. The molecule has 108 valence electrons. The van der Waals surface area contributed by atoms with Crippen LogP contribution < -0.4 is 0 Å². The highest BCUT2D eigenvalue weighted by molar-refractivity contribution is 6.06. The first-order chi connectivity index (χ1) is 8.98. The summed E-state index contributed by atoms with van der Waals surface area (Å²) in [5, 5.41) is 0. The van der Waals surface area contributed by atoms with E-state index in [2.05, 4.69) is 0 Å². The van der Waals surface area contributed by atoms with Crippen molar-refractivity contribution in [3.05, 3.63) is 0 Å². The van der Waals surface area contributed by atoms with E-state index in [4.69, 9.17) is 9.47 Å². The summed E-state index contributed by atoms with van der Waals surface area (Å²) in [5.74, 6) is -0.0435.